The van der Waals surface area contributed by atoms with Crippen molar-refractivity contribution in [1.29, 1.82) is 0 Å². The molecule has 2 heterocycles. The molecule has 6 aromatic carbocycles. The Balaban J connectivity index is 1.44. The van der Waals surface area contributed by atoms with E-state index in [2.05, 4.69) is 200 Å². The third-order valence-corrected chi connectivity index (χ3v) is 11.6. The van der Waals surface area contributed by atoms with Gasteiger partial charge in [0.25, 0.3) is 0 Å². The van der Waals surface area contributed by atoms with Crippen LogP contribution in [-0.2, 0) is 16.2 Å². The van der Waals surface area contributed by atoms with Crippen LogP contribution in [0.15, 0.2) is 146 Å². The molecule has 0 saturated heterocycles. The predicted molar refractivity (Wildman–Crippen MR) is 249 cm³/mol. The summed E-state index contributed by atoms with van der Waals surface area (Å²) in [5.74, 6) is 0.939. The predicted octanol–water partition coefficient (Wildman–Crippen LogP) is 14.7. The maximum atomic E-state index is 12.0. The molecule has 59 heavy (non-hydrogen) atoms. The highest BCUT2D eigenvalue weighted by atomic mass is 16.3. The van der Waals surface area contributed by atoms with Crippen molar-refractivity contribution >= 4 is 11.0 Å². The van der Waals surface area contributed by atoms with Crippen LogP contribution in [0, 0.1) is 6.92 Å². The zero-order valence-electron chi connectivity index (χ0n) is 36.1. The smallest absolute Gasteiger partial charge is 0.149 e. The minimum absolute atomic E-state index is 0.0588. The molecular formula is C55H55N3O. The molecule has 8 rings (SSSR count). The monoisotopic (exact) mass is 773 g/mol. The number of nitrogens with zero attached hydrogens (tertiary/aromatic N) is 3. The summed E-state index contributed by atoms with van der Waals surface area (Å²) in [5.41, 5.74) is 16.2. The maximum Gasteiger partial charge on any atom is 0.149 e. The number of hydrogen-bond donors (Lipinski definition) is 1. The summed E-state index contributed by atoms with van der Waals surface area (Å²) in [6.45, 7) is 22.2. The zero-order valence-corrected chi connectivity index (χ0v) is 36.1. The van der Waals surface area contributed by atoms with Crippen molar-refractivity contribution in [3.05, 3.63) is 168 Å². The van der Waals surface area contributed by atoms with E-state index in [1.165, 1.54) is 11.1 Å². The molecule has 0 aliphatic heterocycles. The number of pyridine rings is 1. The molecule has 4 heteroatoms. The molecule has 0 fully saturated rings. The molecule has 0 saturated carbocycles. The lowest BCUT2D eigenvalue weighted by Crippen LogP contribution is -2.13. The second-order valence-electron chi connectivity index (χ2n) is 19.1. The van der Waals surface area contributed by atoms with Crippen molar-refractivity contribution < 1.29 is 5.11 Å². The van der Waals surface area contributed by atoms with Crippen LogP contribution in [-0.4, -0.2) is 19.6 Å². The van der Waals surface area contributed by atoms with Crippen molar-refractivity contribution in [2.75, 3.05) is 0 Å². The van der Waals surface area contributed by atoms with Crippen LogP contribution in [0.2, 0.25) is 0 Å². The summed E-state index contributed by atoms with van der Waals surface area (Å²) in [4.78, 5) is 10.5. The molecule has 0 amide bonds. The summed E-state index contributed by atoms with van der Waals surface area (Å²) < 4.78 is 2.27. The SMILES string of the molecule is Cc1cc(C(C)(C)C)cc(-c2nc3c(-c4cc(-c5cc(-c6ccccc6)ccn5)cc(C(C)(C)C)c4)cccc3n2-c2ccc(C(C)(C)C)cc2-c2ccccc2)c1O. The number of aromatic nitrogens is 3. The maximum absolute atomic E-state index is 12.0. The zero-order chi connectivity index (χ0) is 41.9. The quantitative estimate of drug-likeness (QED) is 0.183. The number of aromatic hydroxyl groups is 1. The highest BCUT2D eigenvalue weighted by molar-refractivity contribution is 5.98. The Morgan fingerprint density at radius 1 is 0.475 bits per heavy atom. The highest BCUT2D eigenvalue weighted by Gasteiger charge is 2.27. The summed E-state index contributed by atoms with van der Waals surface area (Å²) in [6, 6.07) is 49.7. The minimum atomic E-state index is -0.144. The van der Waals surface area contributed by atoms with Gasteiger partial charge in [-0.25, -0.2) is 4.98 Å². The van der Waals surface area contributed by atoms with E-state index in [-0.39, 0.29) is 22.0 Å². The summed E-state index contributed by atoms with van der Waals surface area (Å²) in [6.07, 6.45) is 1.91. The van der Waals surface area contributed by atoms with E-state index in [1.54, 1.807) is 0 Å². The van der Waals surface area contributed by atoms with Crippen molar-refractivity contribution in [2.24, 2.45) is 0 Å². The van der Waals surface area contributed by atoms with Crippen molar-refractivity contribution in [1.82, 2.24) is 14.5 Å². The van der Waals surface area contributed by atoms with Crippen molar-refractivity contribution in [2.45, 2.75) is 85.5 Å². The van der Waals surface area contributed by atoms with Gasteiger partial charge in [0, 0.05) is 22.9 Å². The number of fused-ring (bicyclic) bond motifs is 1. The number of benzene rings is 6. The van der Waals surface area contributed by atoms with Gasteiger partial charge in [0.1, 0.15) is 11.6 Å². The molecule has 1 N–H and O–H groups in total. The minimum Gasteiger partial charge on any atom is -0.507 e. The standard InChI is InChI=1S/C55H55N3O/c1-35-28-42(54(5,6)7)34-46(51(35)59)52-57-50-44(22-17-23-49(50)58(52)48-25-24-41(53(2,3)4)33-45(48)37-20-15-12-16-21-37)39-29-40(31-43(30-39)55(8,9)10)47-32-38(26-27-56-47)36-18-13-11-14-19-36/h11-34,59H,1-10H3. The van der Waals surface area contributed by atoms with Gasteiger partial charge in [-0.3, -0.25) is 9.55 Å². The molecule has 0 aliphatic rings. The third kappa shape index (κ3) is 7.72. The Morgan fingerprint density at radius 2 is 1.08 bits per heavy atom. The first-order chi connectivity index (χ1) is 28.0. The fraction of sp³-hybridized carbons (Fsp3) is 0.236. The molecule has 0 unspecified atom stereocenters. The molecule has 8 aromatic rings. The van der Waals surface area contributed by atoms with Gasteiger partial charge < -0.3 is 5.11 Å². The van der Waals surface area contributed by atoms with Gasteiger partial charge in [-0.15, -0.1) is 0 Å². The lowest BCUT2D eigenvalue weighted by molar-refractivity contribution is 0.471. The van der Waals surface area contributed by atoms with E-state index >= 15 is 0 Å². The van der Waals surface area contributed by atoms with Gasteiger partial charge in [0.15, 0.2) is 0 Å². The first-order valence-electron chi connectivity index (χ1n) is 20.7. The van der Waals surface area contributed by atoms with Crippen LogP contribution in [0.3, 0.4) is 0 Å². The molecule has 0 radical (unpaired) electrons. The van der Waals surface area contributed by atoms with Gasteiger partial charge in [0.05, 0.1) is 28.0 Å². The Kier molecular flexibility index (Phi) is 9.95. The average Bonchev–Trinajstić information content (AvgIpc) is 3.60. The van der Waals surface area contributed by atoms with Crippen LogP contribution in [0.4, 0.5) is 0 Å². The molecular weight excluding hydrogens is 719 g/mol. The second kappa shape index (κ2) is 14.8. The van der Waals surface area contributed by atoms with Crippen LogP contribution in [0.1, 0.15) is 84.6 Å². The number of hydrogen-bond acceptors (Lipinski definition) is 3. The molecule has 296 valence electrons. The Hall–Kier alpha value is -6.26. The van der Waals surface area contributed by atoms with Crippen LogP contribution >= 0.6 is 0 Å². The van der Waals surface area contributed by atoms with Gasteiger partial charge in [-0.2, -0.15) is 0 Å². The summed E-state index contributed by atoms with van der Waals surface area (Å²) in [5, 5.41) is 12.0. The third-order valence-electron chi connectivity index (χ3n) is 11.6. The van der Waals surface area contributed by atoms with Crippen molar-refractivity contribution in [3.8, 4) is 67.5 Å². The van der Waals surface area contributed by atoms with Gasteiger partial charge in [0.2, 0.25) is 0 Å². The topological polar surface area (TPSA) is 50.9 Å². The molecule has 4 nitrogen and oxygen atoms in total. The molecule has 0 spiro atoms. The number of phenols is 1. The van der Waals surface area contributed by atoms with E-state index in [0.29, 0.717) is 11.4 Å². The Bertz CT molecular complexity index is 2830. The second-order valence-corrected chi connectivity index (χ2v) is 19.1. The first kappa shape index (κ1) is 39.6. The largest absolute Gasteiger partial charge is 0.507 e. The Labute approximate surface area is 350 Å². The lowest BCUT2D eigenvalue weighted by Gasteiger charge is -2.24. The fourth-order valence-corrected chi connectivity index (χ4v) is 7.95. The van der Waals surface area contributed by atoms with Gasteiger partial charge in [-0.05, 0) is 116 Å². The number of rotatable bonds is 6. The summed E-state index contributed by atoms with van der Waals surface area (Å²) in [7, 11) is 0. The molecule has 0 aliphatic carbocycles. The van der Waals surface area contributed by atoms with E-state index < -0.39 is 0 Å². The number of imidazole rings is 1. The normalized spacial score (nSPS) is 12.3. The first-order valence-corrected chi connectivity index (χ1v) is 20.7. The van der Waals surface area contributed by atoms with E-state index in [9.17, 15) is 5.11 Å². The number of para-hydroxylation sites is 1. The molecule has 2 aromatic heterocycles. The van der Waals surface area contributed by atoms with E-state index in [1.807, 2.05) is 19.2 Å². The average molecular weight is 774 g/mol. The number of aryl methyl sites for hydroxylation is 1. The van der Waals surface area contributed by atoms with E-state index in [0.717, 1.165) is 72.5 Å². The Morgan fingerprint density at radius 3 is 1.75 bits per heavy atom. The van der Waals surface area contributed by atoms with Crippen LogP contribution < -0.4 is 0 Å². The van der Waals surface area contributed by atoms with Gasteiger partial charge in [-0.1, -0.05) is 153 Å². The summed E-state index contributed by atoms with van der Waals surface area (Å²) >= 11 is 0. The van der Waals surface area contributed by atoms with Crippen LogP contribution in [0.25, 0.3) is 72.7 Å². The van der Waals surface area contributed by atoms with Crippen molar-refractivity contribution in [3.63, 3.8) is 0 Å². The lowest BCUT2D eigenvalue weighted by atomic mass is 9.83. The van der Waals surface area contributed by atoms with Crippen LogP contribution in [0.5, 0.6) is 5.75 Å². The fourth-order valence-electron chi connectivity index (χ4n) is 7.95. The van der Waals surface area contributed by atoms with E-state index in [4.69, 9.17) is 9.97 Å². The molecule has 0 atom stereocenters. The highest BCUT2D eigenvalue weighted by Crippen LogP contribution is 2.44. The molecule has 0 bridgehead atoms. The van der Waals surface area contributed by atoms with Gasteiger partial charge >= 0.3 is 0 Å². The number of phenolic OH excluding ortho intramolecular Hbond substituents is 1.